The van der Waals surface area contributed by atoms with Crippen molar-refractivity contribution in [3.05, 3.63) is 53.3 Å². The van der Waals surface area contributed by atoms with Gasteiger partial charge in [0.05, 0.1) is 19.3 Å². The third-order valence-electron chi connectivity index (χ3n) is 2.90. The molecule has 5 heteroatoms. The van der Waals surface area contributed by atoms with Crippen molar-refractivity contribution in [3.8, 4) is 5.75 Å². The van der Waals surface area contributed by atoms with Crippen LogP contribution in [0.5, 0.6) is 5.75 Å². The molecule has 0 saturated carbocycles. The van der Waals surface area contributed by atoms with Crippen LogP contribution < -0.4 is 16.0 Å². The van der Waals surface area contributed by atoms with Crippen LogP contribution in [0.25, 0.3) is 0 Å². The van der Waals surface area contributed by atoms with Gasteiger partial charge in [0.25, 0.3) is 0 Å². The molecule has 1 atom stereocenters. The lowest BCUT2D eigenvalue weighted by molar-refractivity contribution is 0.414. The Kier molecular flexibility index (Phi) is 3.86. The predicted octanol–water partition coefficient (Wildman–Crippen LogP) is 1.35. The summed E-state index contributed by atoms with van der Waals surface area (Å²) in [5, 5.41) is 7.64. The summed E-state index contributed by atoms with van der Waals surface area (Å²) in [7, 11) is 1.65. The van der Waals surface area contributed by atoms with Crippen molar-refractivity contribution in [3.63, 3.8) is 0 Å². The molecule has 5 nitrogen and oxygen atoms in total. The standard InChI is InChI=1S/C13H16N4O/c1-9-7-11(18-2)3-4-12(9)13(17-14)10-5-6-15-16-8-10/h3-8,13,17H,14H2,1-2H3. The molecular weight excluding hydrogens is 228 g/mol. The third-order valence-corrected chi connectivity index (χ3v) is 2.90. The summed E-state index contributed by atoms with van der Waals surface area (Å²) in [4.78, 5) is 0. The van der Waals surface area contributed by atoms with Crippen molar-refractivity contribution in [2.75, 3.05) is 7.11 Å². The number of aromatic nitrogens is 2. The molecule has 1 aromatic heterocycles. The van der Waals surface area contributed by atoms with E-state index in [0.29, 0.717) is 0 Å². The maximum Gasteiger partial charge on any atom is 0.119 e. The minimum atomic E-state index is -0.105. The number of hydrogen-bond donors (Lipinski definition) is 2. The molecule has 0 aliphatic carbocycles. The number of hydrogen-bond acceptors (Lipinski definition) is 5. The summed E-state index contributed by atoms with van der Waals surface area (Å²) in [5.41, 5.74) is 5.97. The zero-order chi connectivity index (χ0) is 13.0. The second kappa shape index (κ2) is 5.57. The van der Waals surface area contributed by atoms with Crippen molar-refractivity contribution < 1.29 is 4.74 Å². The Hall–Kier alpha value is -1.98. The number of hydrazine groups is 1. The Balaban J connectivity index is 2.39. The molecular formula is C13H16N4O. The van der Waals surface area contributed by atoms with Crippen molar-refractivity contribution in [1.82, 2.24) is 15.6 Å². The van der Waals surface area contributed by atoms with Crippen LogP contribution in [0.1, 0.15) is 22.7 Å². The van der Waals surface area contributed by atoms with Crippen molar-refractivity contribution >= 4 is 0 Å². The highest BCUT2D eigenvalue weighted by atomic mass is 16.5. The Bertz CT molecular complexity index is 516. The summed E-state index contributed by atoms with van der Waals surface area (Å²) in [6, 6.07) is 7.68. The second-order valence-electron chi connectivity index (χ2n) is 4.00. The fourth-order valence-electron chi connectivity index (χ4n) is 1.94. The average molecular weight is 244 g/mol. The Morgan fingerprint density at radius 1 is 1.28 bits per heavy atom. The van der Waals surface area contributed by atoms with Crippen molar-refractivity contribution in [1.29, 1.82) is 0 Å². The first-order valence-electron chi connectivity index (χ1n) is 5.63. The number of methoxy groups -OCH3 is 1. The molecule has 0 aliphatic heterocycles. The van der Waals surface area contributed by atoms with Gasteiger partial charge in [0, 0.05) is 6.20 Å². The highest BCUT2D eigenvalue weighted by Gasteiger charge is 2.15. The van der Waals surface area contributed by atoms with Crippen LogP contribution >= 0.6 is 0 Å². The van der Waals surface area contributed by atoms with E-state index in [1.807, 2.05) is 31.2 Å². The summed E-state index contributed by atoms with van der Waals surface area (Å²) in [6.45, 7) is 2.02. The van der Waals surface area contributed by atoms with Gasteiger partial charge in [-0.2, -0.15) is 10.2 Å². The van der Waals surface area contributed by atoms with Crippen LogP contribution in [-0.4, -0.2) is 17.3 Å². The van der Waals surface area contributed by atoms with Gasteiger partial charge in [-0.05, 0) is 41.8 Å². The molecule has 2 rings (SSSR count). The van der Waals surface area contributed by atoms with E-state index in [4.69, 9.17) is 10.6 Å². The van der Waals surface area contributed by atoms with Gasteiger partial charge in [0.2, 0.25) is 0 Å². The lowest BCUT2D eigenvalue weighted by Crippen LogP contribution is -2.29. The number of ether oxygens (including phenoxy) is 1. The maximum atomic E-state index is 5.65. The van der Waals surface area contributed by atoms with Gasteiger partial charge >= 0.3 is 0 Å². The molecule has 0 amide bonds. The number of nitrogens with zero attached hydrogens (tertiary/aromatic N) is 2. The van der Waals surface area contributed by atoms with Gasteiger partial charge in [-0.3, -0.25) is 5.84 Å². The summed E-state index contributed by atoms with van der Waals surface area (Å²) in [5.74, 6) is 6.48. The number of nitrogens with one attached hydrogen (secondary N) is 1. The Labute approximate surface area is 106 Å². The van der Waals surface area contributed by atoms with E-state index in [9.17, 15) is 0 Å². The van der Waals surface area contributed by atoms with Gasteiger partial charge < -0.3 is 4.74 Å². The Morgan fingerprint density at radius 2 is 2.11 bits per heavy atom. The summed E-state index contributed by atoms with van der Waals surface area (Å²) >= 11 is 0. The van der Waals surface area contributed by atoms with E-state index in [2.05, 4.69) is 15.6 Å². The Morgan fingerprint density at radius 3 is 2.67 bits per heavy atom. The predicted molar refractivity (Wildman–Crippen MR) is 68.9 cm³/mol. The summed E-state index contributed by atoms with van der Waals surface area (Å²) < 4.78 is 5.20. The second-order valence-corrected chi connectivity index (χ2v) is 4.00. The van der Waals surface area contributed by atoms with Crippen molar-refractivity contribution in [2.45, 2.75) is 13.0 Å². The van der Waals surface area contributed by atoms with E-state index >= 15 is 0 Å². The fourth-order valence-corrected chi connectivity index (χ4v) is 1.94. The van der Waals surface area contributed by atoms with Crippen LogP contribution in [0, 0.1) is 6.92 Å². The highest BCUT2D eigenvalue weighted by molar-refractivity contribution is 5.40. The zero-order valence-corrected chi connectivity index (χ0v) is 10.4. The minimum absolute atomic E-state index is 0.105. The van der Waals surface area contributed by atoms with Gasteiger partial charge in [0.15, 0.2) is 0 Å². The van der Waals surface area contributed by atoms with Crippen LogP contribution in [0.2, 0.25) is 0 Å². The van der Waals surface area contributed by atoms with Crippen LogP contribution in [-0.2, 0) is 0 Å². The molecule has 18 heavy (non-hydrogen) atoms. The molecule has 1 aromatic carbocycles. The number of nitrogens with two attached hydrogens (primary N) is 1. The first-order chi connectivity index (χ1) is 8.76. The number of rotatable bonds is 4. The monoisotopic (exact) mass is 244 g/mol. The van der Waals surface area contributed by atoms with Crippen LogP contribution in [0.4, 0.5) is 0 Å². The largest absolute Gasteiger partial charge is 0.497 e. The minimum Gasteiger partial charge on any atom is -0.497 e. The molecule has 3 N–H and O–H groups in total. The third kappa shape index (κ3) is 2.47. The highest BCUT2D eigenvalue weighted by Crippen LogP contribution is 2.26. The SMILES string of the molecule is COc1ccc(C(NN)c2ccnnc2)c(C)c1. The van der Waals surface area contributed by atoms with Gasteiger partial charge in [-0.1, -0.05) is 6.07 Å². The summed E-state index contributed by atoms with van der Waals surface area (Å²) in [6.07, 6.45) is 3.35. The van der Waals surface area contributed by atoms with E-state index in [0.717, 1.165) is 22.4 Å². The molecule has 0 radical (unpaired) electrons. The van der Waals surface area contributed by atoms with E-state index in [-0.39, 0.29) is 6.04 Å². The normalized spacial score (nSPS) is 12.2. The lowest BCUT2D eigenvalue weighted by Gasteiger charge is -2.19. The van der Waals surface area contributed by atoms with E-state index in [1.165, 1.54) is 0 Å². The number of benzene rings is 1. The van der Waals surface area contributed by atoms with Gasteiger partial charge in [0.1, 0.15) is 5.75 Å². The smallest absolute Gasteiger partial charge is 0.119 e. The topological polar surface area (TPSA) is 73.1 Å². The molecule has 0 bridgehead atoms. The lowest BCUT2D eigenvalue weighted by atomic mass is 9.97. The van der Waals surface area contributed by atoms with Gasteiger partial charge in [-0.25, -0.2) is 5.43 Å². The average Bonchev–Trinajstić information content (AvgIpc) is 2.42. The maximum absolute atomic E-state index is 5.65. The number of aryl methyl sites for hydroxylation is 1. The molecule has 0 saturated heterocycles. The van der Waals surface area contributed by atoms with E-state index in [1.54, 1.807) is 19.5 Å². The van der Waals surface area contributed by atoms with Crippen molar-refractivity contribution in [2.24, 2.45) is 5.84 Å². The molecule has 94 valence electrons. The molecule has 0 fully saturated rings. The zero-order valence-electron chi connectivity index (χ0n) is 10.4. The molecule has 2 aromatic rings. The van der Waals surface area contributed by atoms with Crippen LogP contribution in [0.15, 0.2) is 36.7 Å². The van der Waals surface area contributed by atoms with Gasteiger partial charge in [-0.15, -0.1) is 0 Å². The first kappa shape index (κ1) is 12.5. The van der Waals surface area contributed by atoms with E-state index < -0.39 is 0 Å². The first-order valence-corrected chi connectivity index (χ1v) is 5.63. The quantitative estimate of drug-likeness (QED) is 0.627. The van der Waals surface area contributed by atoms with Crippen LogP contribution in [0.3, 0.4) is 0 Å². The molecule has 1 heterocycles. The molecule has 0 spiro atoms. The fraction of sp³-hybridized carbons (Fsp3) is 0.231. The molecule has 1 unspecified atom stereocenters. The molecule has 0 aliphatic rings.